The van der Waals surface area contributed by atoms with Crippen LogP contribution >= 0.6 is 0 Å². The number of nitro groups is 1. The van der Waals surface area contributed by atoms with Gasteiger partial charge in [0.05, 0.1) is 34.7 Å². The number of methoxy groups -OCH3 is 1. The van der Waals surface area contributed by atoms with E-state index in [0.29, 0.717) is 22.1 Å². The van der Waals surface area contributed by atoms with Crippen molar-refractivity contribution >= 4 is 48.4 Å². The van der Waals surface area contributed by atoms with Crippen molar-refractivity contribution in [1.29, 1.82) is 0 Å². The third kappa shape index (κ3) is 4.25. The predicted octanol–water partition coefficient (Wildman–Crippen LogP) is 7.14. The summed E-state index contributed by atoms with van der Waals surface area (Å²) in [4.78, 5) is 15.9. The number of imidazole rings is 1. The van der Waals surface area contributed by atoms with Gasteiger partial charge in [-0.15, -0.1) is 0 Å². The standard InChI is InChI=1S/C29H18F3N3O6S/c1-40-24-16-18(35(36)37)15-23(27(24)41-42(38,39)29(30,31)32)28-33-25-21-13-7-5-11-19(21)20-12-6-8-14-22(20)26(25)34(28)17-9-3-2-4-10-17/h2-16H,1H3. The number of nitrogens with zero attached hydrogens (tertiary/aromatic N) is 3. The molecule has 0 saturated heterocycles. The third-order valence-electron chi connectivity index (χ3n) is 6.73. The average molecular weight is 594 g/mol. The molecule has 5 aromatic carbocycles. The molecule has 0 saturated carbocycles. The molecule has 0 radical (unpaired) electrons. The van der Waals surface area contributed by atoms with E-state index >= 15 is 0 Å². The second-order valence-corrected chi connectivity index (χ2v) is 10.7. The van der Waals surface area contributed by atoms with Crippen LogP contribution in [-0.4, -0.2) is 35.5 Å². The van der Waals surface area contributed by atoms with Crippen LogP contribution in [0.1, 0.15) is 0 Å². The highest BCUT2D eigenvalue weighted by molar-refractivity contribution is 7.88. The lowest BCUT2D eigenvalue weighted by molar-refractivity contribution is -0.384. The number of non-ortho nitro benzene ring substituents is 1. The minimum atomic E-state index is -6.21. The monoisotopic (exact) mass is 593 g/mol. The zero-order valence-electron chi connectivity index (χ0n) is 21.5. The maximum absolute atomic E-state index is 13.5. The fourth-order valence-electron chi connectivity index (χ4n) is 4.97. The summed E-state index contributed by atoms with van der Waals surface area (Å²) in [7, 11) is -5.19. The van der Waals surface area contributed by atoms with E-state index in [9.17, 15) is 31.7 Å². The Kier molecular flexibility index (Phi) is 6.26. The number of para-hydroxylation sites is 1. The Bertz CT molecular complexity index is 2150. The highest BCUT2D eigenvalue weighted by Gasteiger charge is 2.49. The van der Waals surface area contributed by atoms with E-state index in [1.165, 1.54) is 0 Å². The number of hydrogen-bond acceptors (Lipinski definition) is 7. The summed E-state index contributed by atoms with van der Waals surface area (Å²) < 4.78 is 76.2. The first kappa shape index (κ1) is 27.0. The molecule has 0 bridgehead atoms. The van der Waals surface area contributed by atoms with E-state index in [4.69, 9.17) is 9.72 Å². The number of halogens is 3. The number of nitro benzene ring substituents is 1. The van der Waals surface area contributed by atoms with Crippen LogP contribution < -0.4 is 8.92 Å². The van der Waals surface area contributed by atoms with Gasteiger partial charge in [-0.1, -0.05) is 66.7 Å². The van der Waals surface area contributed by atoms with Crippen LogP contribution in [0.5, 0.6) is 11.5 Å². The number of alkyl halides is 3. The van der Waals surface area contributed by atoms with Gasteiger partial charge in [-0.05, 0) is 22.9 Å². The van der Waals surface area contributed by atoms with E-state index in [-0.39, 0.29) is 5.82 Å². The van der Waals surface area contributed by atoms with Crippen LogP contribution in [0.15, 0.2) is 91.0 Å². The van der Waals surface area contributed by atoms with Crippen molar-refractivity contribution < 1.29 is 35.4 Å². The zero-order valence-corrected chi connectivity index (χ0v) is 22.3. The maximum atomic E-state index is 13.5. The van der Waals surface area contributed by atoms with Crippen LogP contribution in [0.2, 0.25) is 0 Å². The predicted molar refractivity (Wildman–Crippen MR) is 150 cm³/mol. The lowest BCUT2D eigenvalue weighted by atomic mass is 10.00. The molecule has 0 N–H and O–H groups in total. The lowest BCUT2D eigenvalue weighted by Crippen LogP contribution is -2.28. The van der Waals surface area contributed by atoms with Crippen LogP contribution in [-0.2, 0) is 10.1 Å². The molecule has 13 heteroatoms. The largest absolute Gasteiger partial charge is 0.534 e. The Labute approximate surface area is 235 Å². The minimum absolute atomic E-state index is 0.105. The Hall–Kier alpha value is -5.17. The van der Waals surface area contributed by atoms with Gasteiger partial charge in [-0.3, -0.25) is 14.7 Å². The average Bonchev–Trinajstić information content (AvgIpc) is 3.38. The maximum Gasteiger partial charge on any atom is 0.534 e. The van der Waals surface area contributed by atoms with Gasteiger partial charge >= 0.3 is 15.6 Å². The van der Waals surface area contributed by atoms with Crippen molar-refractivity contribution in [1.82, 2.24) is 9.55 Å². The van der Waals surface area contributed by atoms with Crippen LogP contribution in [0.4, 0.5) is 18.9 Å². The first-order valence-electron chi connectivity index (χ1n) is 12.3. The van der Waals surface area contributed by atoms with E-state index < -0.39 is 43.3 Å². The molecule has 1 heterocycles. The summed E-state index contributed by atoms with van der Waals surface area (Å²) in [5, 5.41) is 15.0. The highest BCUT2D eigenvalue weighted by atomic mass is 32.2. The smallest absolute Gasteiger partial charge is 0.493 e. The second kappa shape index (κ2) is 9.73. The summed E-state index contributed by atoms with van der Waals surface area (Å²) in [6, 6.07) is 25.2. The number of benzene rings is 5. The van der Waals surface area contributed by atoms with E-state index in [1.807, 2.05) is 42.5 Å². The summed E-state index contributed by atoms with van der Waals surface area (Å²) in [6.07, 6.45) is 0. The van der Waals surface area contributed by atoms with Gasteiger partial charge in [0.2, 0.25) is 0 Å². The third-order valence-corrected chi connectivity index (χ3v) is 7.69. The van der Waals surface area contributed by atoms with Crippen LogP contribution in [0.25, 0.3) is 49.7 Å². The van der Waals surface area contributed by atoms with E-state index in [2.05, 4.69) is 4.18 Å². The number of rotatable bonds is 6. The van der Waals surface area contributed by atoms with Gasteiger partial charge in [0.15, 0.2) is 11.5 Å². The molecule has 0 aliphatic heterocycles. The Morgan fingerprint density at radius 2 is 1.43 bits per heavy atom. The number of hydrogen-bond donors (Lipinski definition) is 0. The molecular formula is C29H18F3N3O6S. The Balaban J connectivity index is 1.83. The first-order chi connectivity index (χ1) is 20.0. The fourth-order valence-corrected chi connectivity index (χ4v) is 5.45. The SMILES string of the molecule is COc1cc([N+](=O)[O-])cc(-c2nc3c4ccccc4c4ccccc4c3n2-c2ccccc2)c1OS(=O)(=O)C(F)(F)F. The molecule has 0 aliphatic rings. The van der Waals surface area contributed by atoms with Gasteiger partial charge in [0, 0.05) is 22.5 Å². The van der Waals surface area contributed by atoms with Crippen molar-refractivity contribution in [3.8, 4) is 28.6 Å². The number of fused-ring (bicyclic) bond motifs is 6. The van der Waals surface area contributed by atoms with Gasteiger partial charge < -0.3 is 8.92 Å². The van der Waals surface area contributed by atoms with E-state index in [0.717, 1.165) is 35.4 Å². The molecule has 6 rings (SSSR count). The molecule has 0 unspecified atom stereocenters. The van der Waals surface area contributed by atoms with Crippen molar-refractivity contribution in [2.24, 2.45) is 0 Å². The topological polar surface area (TPSA) is 114 Å². The molecular weight excluding hydrogens is 575 g/mol. The van der Waals surface area contributed by atoms with Crippen molar-refractivity contribution in [3.63, 3.8) is 0 Å². The van der Waals surface area contributed by atoms with Crippen molar-refractivity contribution in [2.75, 3.05) is 7.11 Å². The molecule has 212 valence electrons. The molecule has 0 atom stereocenters. The van der Waals surface area contributed by atoms with Crippen LogP contribution in [0, 0.1) is 10.1 Å². The van der Waals surface area contributed by atoms with Crippen LogP contribution in [0.3, 0.4) is 0 Å². The molecule has 0 spiro atoms. The summed E-state index contributed by atoms with van der Waals surface area (Å²) in [6.45, 7) is 0. The summed E-state index contributed by atoms with van der Waals surface area (Å²) in [5.74, 6) is -1.61. The normalized spacial score (nSPS) is 12.2. The van der Waals surface area contributed by atoms with Crippen molar-refractivity contribution in [3.05, 3.63) is 101 Å². The molecule has 42 heavy (non-hydrogen) atoms. The quantitative estimate of drug-likeness (QED) is 0.0663. The Morgan fingerprint density at radius 1 is 0.857 bits per heavy atom. The van der Waals surface area contributed by atoms with Gasteiger partial charge in [0.25, 0.3) is 5.69 Å². The van der Waals surface area contributed by atoms with Gasteiger partial charge in [-0.25, -0.2) is 4.98 Å². The molecule has 9 nitrogen and oxygen atoms in total. The molecule has 0 aliphatic carbocycles. The zero-order chi connectivity index (χ0) is 29.8. The second-order valence-electron chi connectivity index (χ2n) is 9.16. The summed E-state index contributed by atoms with van der Waals surface area (Å²) >= 11 is 0. The summed E-state index contributed by atoms with van der Waals surface area (Å²) in [5.41, 5.74) is -5.30. The molecule has 6 aromatic rings. The van der Waals surface area contributed by atoms with Gasteiger partial charge in [-0.2, -0.15) is 21.6 Å². The van der Waals surface area contributed by atoms with Crippen molar-refractivity contribution in [2.45, 2.75) is 5.51 Å². The molecule has 0 amide bonds. The first-order valence-corrected chi connectivity index (χ1v) is 13.7. The lowest BCUT2D eigenvalue weighted by Gasteiger charge is -2.17. The minimum Gasteiger partial charge on any atom is -0.493 e. The van der Waals surface area contributed by atoms with Gasteiger partial charge in [0.1, 0.15) is 5.82 Å². The molecule has 1 aromatic heterocycles. The number of ether oxygens (including phenoxy) is 1. The highest BCUT2D eigenvalue weighted by Crippen LogP contribution is 2.46. The van der Waals surface area contributed by atoms with E-state index in [1.54, 1.807) is 41.0 Å². The molecule has 0 fully saturated rings. The Morgan fingerprint density at radius 3 is 2.02 bits per heavy atom. The fraction of sp³-hybridized carbons (Fsp3) is 0.0690. The number of aromatic nitrogens is 2.